The van der Waals surface area contributed by atoms with Crippen molar-refractivity contribution >= 4 is 17.6 Å². The van der Waals surface area contributed by atoms with E-state index in [2.05, 4.69) is 26.1 Å². The number of carbonyl (C=O) groups is 2. The van der Waals surface area contributed by atoms with Crippen LogP contribution in [0.5, 0.6) is 5.75 Å². The monoisotopic (exact) mass is 462 g/mol. The molecule has 34 heavy (non-hydrogen) atoms. The van der Waals surface area contributed by atoms with Crippen LogP contribution in [0.2, 0.25) is 0 Å². The Bertz CT molecular complexity index is 1100. The van der Waals surface area contributed by atoms with E-state index in [1.165, 1.54) is 0 Å². The molecule has 2 aromatic carbocycles. The van der Waals surface area contributed by atoms with Crippen LogP contribution in [0.3, 0.4) is 0 Å². The predicted octanol–water partition coefficient (Wildman–Crippen LogP) is 4.60. The lowest BCUT2D eigenvalue weighted by atomic mass is 9.92. The summed E-state index contributed by atoms with van der Waals surface area (Å²) in [7, 11) is 1.62. The molecule has 0 saturated carbocycles. The molecular formula is C27H34N4O3. The van der Waals surface area contributed by atoms with Gasteiger partial charge in [-0.15, -0.1) is 0 Å². The molecule has 0 aliphatic carbocycles. The minimum absolute atomic E-state index is 0.0157. The van der Waals surface area contributed by atoms with Gasteiger partial charge in [0, 0.05) is 18.0 Å². The van der Waals surface area contributed by atoms with Gasteiger partial charge in [0.1, 0.15) is 11.6 Å². The lowest BCUT2D eigenvalue weighted by molar-refractivity contribution is -0.134. The molecule has 0 aliphatic heterocycles. The number of amides is 2. The summed E-state index contributed by atoms with van der Waals surface area (Å²) >= 11 is 0. The fourth-order valence-electron chi connectivity index (χ4n) is 3.56. The van der Waals surface area contributed by atoms with Gasteiger partial charge in [-0.25, -0.2) is 4.68 Å². The minimum atomic E-state index is -0.259. The van der Waals surface area contributed by atoms with E-state index >= 15 is 0 Å². The van der Waals surface area contributed by atoms with Crippen LogP contribution in [-0.2, 0) is 21.4 Å². The summed E-state index contributed by atoms with van der Waals surface area (Å²) in [6.45, 7) is 8.72. The maximum absolute atomic E-state index is 13.0. The van der Waals surface area contributed by atoms with Crippen LogP contribution in [0.1, 0.15) is 45.4 Å². The molecule has 0 fully saturated rings. The normalized spacial score (nSPS) is 11.2. The number of hydrogen-bond acceptors (Lipinski definition) is 4. The van der Waals surface area contributed by atoms with Gasteiger partial charge in [0.25, 0.3) is 0 Å². The maximum atomic E-state index is 13.0. The van der Waals surface area contributed by atoms with Gasteiger partial charge >= 0.3 is 0 Å². The number of aromatic nitrogens is 2. The molecule has 3 aromatic rings. The molecule has 0 atom stereocenters. The minimum Gasteiger partial charge on any atom is -0.497 e. The number of nitrogens with one attached hydrogen (secondary N) is 1. The Hall–Kier alpha value is -3.61. The number of anilines is 1. The third kappa shape index (κ3) is 6.47. The molecule has 0 unspecified atom stereocenters. The predicted molar refractivity (Wildman–Crippen MR) is 134 cm³/mol. The smallest absolute Gasteiger partial charge is 0.245 e. The molecule has 180 valence electrons. The Morgan fingerprint density at radius 2 is 1.74 bits per heavy atom. The third-order valence-electron chi connectivity index (χ3n) is 5.44. The van der Waals surface area contributed by atoms with E-state index in [1.807, 2.05) is 67.6 Å². The number of nitrogens with zero attached hydrogens (tertiary/aromatic N) is 3. The van der Waals surface area contributed by atoms with Crippen molar-refractivity contribution in [2.24, 2.45) is 0 Å². The highest BCUT2D eigenvalue weighted by Gasteiger charge is 2.23. The van der Waals surface area contributed by atoms with Gasteiger partial charge in [0.2, 0.25) is 11.8 Å². The second kappa shape index (κ2) is 11.0. The molecular weight excluding hydrogens is 428 g/mol. The number of carbonyl (C=O) groups excluding carboxylic acids is 2. The summed E-state index contributed by atoms with van der Waals surface area (Å²) in [4.78, 5) is 27.5. The van der Waals surface area contributed by atoms with Crippen LogP contribution in [0.15, 0.2) is 60.7 Å². The second-order valence-electron chi connectivity index (χ2n) is 9.30. The first-order valence-corrected chi connectivity index (χ1v) is 11.6. The maximum Gasteiger partial charge on any atom is 0.245 e. The number of rotatable bonds is 9. The molecule has 0 aliphatic rings. The highest BCUT2D eigenvalue weighted by atomic mass is 16.5. The number of methoxy groups -OCH3 is 1. The summed E-state index contributed by atoms with van der Waals surface area (Å²) in [5.41, 5.74) is 2.39. The van der Waals surface area contributed by atoms with Crippen LogP contribution >= 0.6 is 0 Å². The standard InChI is InChI=1S/C27H34N4O3/c1-6-16-30(26(33)17-20-10-8-7-9-11-20)19-25(32)28-24-18-23(27(2,3)4)29-31(24)21-12-14-22(34-5)15-13-21/h7-15,18H,6,16-17,19H2,1-5H3,(H,28,32). The first-order chi connectivity index (χ1) is 16.2. The van der Waals surface area contributed by atoms with Crippen molar-refractivity contribution in [1.82, 2.24) is 14.7 Å². The van der Waals surface area contributed by atoms with Crippen LogP contribution in [0.4, 0.5) is 5.82 Å². The summed E-state index contributed by atoms with van der Waals surface area (Å²) in [6.07, 6.45) is 1.04. The first-order valence-electron chi connectivity index (χ1n) is 11.6. The molecule has 0 saturated heterocycles. The van der Waals surface area contributed by atoms with Crippen LogP contribution in [0.25, 0.3) is 5.69 Å². The number of ether oxygens (including phenoxy) is 1. The van der Waals surface area contributed by atoms with Gasteiger partial charge in [-0.1, -0.05) is 58.0 Å². The Morgan fingerprint density at radius 3 is 2.32 bits per heavy atom. The quantitative estimate of drug-likeness (QED) is 0.504. The van der Waals surface area contributed by atoms with Crippen LogP contribution < -0.4 is 10.1 Å². The lowest BCUT2D eigenvalue weighted by Gasteiger charge is -2.22. The summed E-state index contributed by atoms with van der Waals surface area (Å²) in [5.74, 6) is 0.976. The van der Waals surface area contributed by atoms with Crippen molar-refractivity contribution < 1.29 is 14.3 Å². The number of hydrogen-bond donors (Lipinski definition) is 1. The largest absolute Gasteiger partial charge is 0.497 e. The summed E-state index contributed by atoms with van der Waals surface area (Å²) in [6, 6.07) is 18.9. The molecule has 1 heterocycles. The van der Waals surface area contributed by atoms with Crippen molar-refractivity contribution in [3.05, 3.63) is 71.9 Å². The second-order valence-corrected chi connectivity index (χ2v) is 9.30. The average molecular weight is 463 g/mol. The molecule has 3 rings (SSSR count). The molecule has 7 nitrogen and oxygen atoms in total. The first kappa shape index (κ1) is 25.0. The summed E-state index contributed by atoms with van der Waals surface area (Å²) < 4.78 is 6.97. The van der Waals surface area contributed by atoms with Crippen molar-refractivity contribution in [1.29, 1.82) is 0 Å². The van der Waals surface area contributed by atoms with Crippen molar-refractivity contribution in [3.8, 4) is 11.4 Å². The molecule has 1 aromatic heterocycles. The molecule has 0 spiro atoms. The van der Waals surface area contributed by atoms with Gasteiger partial charge < -0.3 is 15.0 Å². The highest BCUT2D eigenvalue weighted by molar-refractivity contribution is 5.94. The van der Waals surface area contributed by atoms with Crippen molar-refractivity contribution in [2.45, 2.75) is 46.0 Å². The van der Waals surface area contributed by atoms with E-state index < -0.39 is 0 Å². The zero-order valence-electron chi connectivity index (χ0n) is 20.7. The van der Waals surface area contributed by atoms with Crippen LogP contribution in [0, 0.1) is 0 Å². The van der Waals surface area contributed by atoms with Gasteiger partial charge in [0.15, 0.2) is 0 Å². The van der Waals surface area contributed by atoms with Gasteiger partial charge in [-0.2, -0.15) is 5.10 Å². The SMILES string of the molecule is CCCN(CC(=O)Nc1cc(C(C)(C)C)nn1-c1ccc(OC)cc1)C(=O)Cc1ccccc1. The molecule has 0 radical (unpaired) electrons. The lowest BCUT2D eigenvalue weighted by Crippen LogP contribution is -2.39. The average Bonchev–Trinajstić information content (AvgIpc) is 3.23. The van der Waals surface area contributed by atoms with E-state index in [0.29, 0.717) is 12.4 Å². The molecule has 7 heteroatoms. The molecule has 0 bridgehead atoms. The van der Waals surface area contributed by atoms with Crippen molar-refractivity contribution in [3.63, 3.8) is 0 Å². The Morgan fingerprint density at radius 1 is 1.06 bits per heavy atom. The zero-order chi connectivity index (χ0) is 24.7. The Labute approximate surface area is 201 Å². The Kier molecular flexibility index (Phi) is 8.10. The fraction of sp³-hybridized carbons (Fsp3) is 0.370. The Balaban J connectivity index is 1.80. The van der Waals surface area contributed by atoms with Gasteiger partial charge in [0.05, 0.1) is 31.5 Å². The number of benzene rings is 2. The fourth-order valence-corrected chi connectivity index (χ4v) is 3.56. The van der Waals surface area contributed by atoms with Crippen LogP contribution in [-0.4, -0.2) is 46.7 Å². The van der Waals surface area contributed by atoms with Crippen molar-refractivity contribution in [2.75, 3.05) is 25.5 Å². The molecule has 2 amide bonds. The van der Waals surface area contributed by atoms with E-state index in [1.54, 1.807) is 16.7 Å². The topological polar surface area (TPSA) is 76.5 Å². The molecule has 1 N–H and O–H groups in total. The third-order valence-corrected chi connectivity index (χ3v) is 5.44. The van der Waals surface area contributed by atoms with E-state index in [-0.39, 0.29) is 30.2 Å². The van der Waals surface area contributed by atoms with E-state index in [0.717, 1.165) is 29.1 Å². The highest BCUT2D eigenvalue weighted by Crippen LogP contribution is 2.27. The van der Waals surface area contributed by atoms with E-state index in [4.69, 9.17) is 9.84 Å². The summed E-state index contributed by atoms with van der Waals surface area (Å²) in [5, 5.41) is 7.72. The van der Waals surface area contributed by atoms with Gasteiger partial charge in [-0.3, -0.25) is 9.59 Å². The van der Waals surface area contributed by atoms with E-state index in [9.17, 15) is 9.59 Å². The zero-order valence-corrected chi connectivity index (χ0v) is 20.7. The van der Waals surface area contributed by atoms with Gasteiger partial charge in [-0.05, 0) is 36.2 Å².